The maximum atomic E-state index is 13.4. The maximum Gasteiger partial charge on any atom is 0.313 e. The molecule has 0 radical (unpaired) electrons. The summed E-state index contributed by atoms with van der Waals surface area (Å²) in [6, 6.07) is 4.32. The molecule has 1 rings (SSSR count). The zero-order chi connectivity index (χ0) is 13.6. The number of hydrogen-bond donors (Lipinski definition) is 0. The minimum absolute atomic E-state index is 0.364. The molecule has 0 aliphatic rings. The van der Waals surface area contributed by atoms with E-state index < -0.39 is 5.97 Å². The van der Waals surface area contributed by atoms with Crippen molar-refractivity contribution in [3.8, 4) is 0 Å². The fourth-order valence-corrected chi connectivity index (χ4v) is 2.15. The van der Waals surface area contributed by atoms with Crippen LogP contribution < -0.4 is 0 Å². The van der Waals surface area contributed by atoms with Gasteiger partial charge in [0.15, 0.2) is 0 Å². The van der Waals surface area contributed by atoms with Gasteiger partial charge in [-0.3, -0.25) is 0 Å². The number of ether oxygens (including phenoxy) is 3. The lowest BCUT2D eigenvalue weighted by Gasteiger charge is -2.33. The fourth-order valence-electron chi connectivity index (χ4n) is 1.66. The summed E-state index contributed by atoms with van der Waals surface area (Å²) in [5, 5.41) is 0. The van der Waals surface area contributed by atoms with Crippen molar-refractivity contribution in [2.24, 2.45) is 0 Å². The van der Waals surface area contributed by atoms with Gasteiger partial charge in [0.05, 0.1) is 5.56 Å². The number of rotatable bonds is 7. The van der Waals surface area contributed by atoms with Crippen LogP contribution in [-0.2, 0) is 20.2 Å². The predicted octanol–water partition coefficient (Wildman–Crippen LogP) is 3.81. The zero-order valence-corrected chi connectivity index (χ0v) is 12.4. The van der Waals surface area contributed by atoms with E-state index in [0.717, 1.165) is 0 Å². The normalized spacial score (nSPS) is 11.8. The molecule has 3 nitrogen and oxygen atoms in total. The van der Waals surface area contributed by atoms with E-state index in [4.69, 9.17) is 14.2 Å². The van der Waals surface area contributed by atoms with E-state index in [1.54, 1.807) is 6.07 Å². The van der Waals surface area contributed by atoms with Crippen molar-refractivity contribution in [1.29, 1.82) is 0 Å². The third-order valence-electron chi connectivity index (χ3n) is 2.26. The summed E-state index contributed by atoms with van der Waals surface area (Å²) >= 11 is 3.37. The summed E-state index contributed by atoms with van der Waals surface area (Å²) in [5.41, 5.74) is 0.494. The van der Waals surface area contributed by atoms with Crippen LogP contribution in [0, 0.1) is 5.82 Å². The van der Waals surface area contributed by atoms with Crippen LogP contribution in [-0.4, -0.2) is 19.8 Å². The molecule has 1 aromatic rings. The van der Waals surface area contributed by atoms with Crippen LogP contribution >= 0.6 is 15.9 Å². The minimum atomic E-state index is -1.36. The Bertz CT molecular complexity index is 367. The lowest BCUT2D eigenvalue weighted by molar-refractivity contribution is -0.390. The Labute approximate surface area is 115 Å². The van der Waals surface area contributed by atoms with Crippen molar-refractivity contribution in [3.05, 3.63) is 34.1 Å². The first-order valence-corrected chi connectivity index (χ1v) is 6.76. The van der Waals surface area contributed by atoms with E-state index in [-0.39, 0.29) is 5.82 Å². The Morgan fingerprint density at radius 3 is 2.00 bits per heavy atom. The molecule has 0 fully saturated rings. The molecule has 0 aromatic heterocycles. The van der Waals surface area contributed by atoms with Gasteiger partial charge in [0, 0.05) is 24.3 Å². The van der Waals surface area contributed by atoms with E-state index in [2.05, 4.69) is 15.9 Å². The highest BCUT2D eigenvalue weighted by Crippen LogP contribution is 2.34. The number of benzene rings is 1. The monoisotopic (exact) mass is 320 g/mol. The summed E-state index contributed by atoms with van der Waals surface area (Å²) in [6.07, 6.45) is 0. The van der Waals surface area contributed by atoms with Crippen LogP contribution in [0.15, 0.2) is 22.7 Å². The molecule has 0 N–H and O–H groups in total. The first-order valence-electron chi connectivity index (χ1n) is 5.97. The number of hydrogen-bond acceptors (Lipinski definition) is 3. The second-order valence-electron chi connectivity index (χ2n) is 3.48. The van der Waals surface area contributed by atoms with E-state index in [1.165, 1.54) is 12.1 Å². The van der Waals surface area contributed by atoms with Crippen molar-refractivity contribution in [3.63, 3.8) is 0 Å². The van der Waals surface area contributed by atoms with Gasteiger partial charge >= 0.3 is 5.97 Å². The Hall–Kier alpha value is -0.490. The average molecular weight is 321 g/mol. The van der Waals surface area contributed by atoms with Crippen LogP contribution in [0.25, 0.3) is 0 Å². The van der Waals surface area contributed by atoms with E-state index >= 15 is 0 Å². The van der Waals surface area contributed by atoms with Crippen molar-refractivity contribution in [1.82, 2.24) is 0 Å². The maximum absolute atomic E-state index is 13.4. The summed E-state index contributed by atoms with van der Waals surface area (Å²) in [7, 11) is 0. The SMILES string of the molecule is CCOC(OCC)(OCC)c1cc(F)ccc1Br. The summed E-state index contributed by atoms with van der Waals surface area (Å²) in [4.78, 5) is 0. The Morgan fingerprint density at radius 1 is 1.06 bits per heavy atom. The predicted molar refractivity (Wildman–Crippen MR) is 70.7 cm³/mol. The molecular weight excluding hydrogens is 303 g/mol. The molecular formula is C13H18BrFO3. The Kier molecular flexibility index (Phi) is 6.21. The quantitative estimate of drug-likeness (QED) is 0.715. The zero-order valence-electron chi connectivity index (χ0n) is 10.8. The minimum Gasteiger partial charge on any atom is -0.324 e. The molecule has 0 saturated carbocycles. The average Bonchev–Trinajstić information content (AvgIpc) is 2.33. The van der Waals surface area contributed by atoms with E-state index in [0.29, 0.717) is 29.9 Å². The van der Waals surface area contributed by atoms with E-state index in [1.807, 2.05) is 20.8 Å². The van der Waals surface area contributed by atoms with Gasteiger partial charge in [-0.25, -0.2) is 4.39 Å². The van der Waals surface area contributed by atoms with Crippen LogP contribution in [0.1, 0.15) is 26.3 Å². The first-order chi connectivity index (χ1) is 8.59. The topological polar surface area (TPSA) is 27.7 Å². The van der Waals surface area contributed by atoms with Gasteiger partial charge in [-0.1, -0.05) is 15.9 Å². The van der Waals surface area contributed by atoms with Crippen LogP contribution in [0.2, 0.25) is 0 Å². The molecule has 0 aliphatic carbocycles. The second-order valence-corrected chi connectivity index (χ2v) is 4.33. The lowest BCUT2D eigenvalue weighted by Crippen LogP contribution is -2.37. The summed E-state index contributed by atoms with van der Waals surface area (Å²) in [6.45, 7) is 6.68. The van der Waals surface area contributed by atoms with Gasteiger partial charge in [0.2, 0.25) is 0 Å². The standard InChI is InChI=1S/C13H18BrFO3/c1-4-16-13(17-5-2,18-6-3)11-9-10(15)7-8-12(11)14/h7-9H,4-6H2,1-3H3. The summed E-state index contributed by atoms with van der Waals surface area (Å²) < 4.78 is 30.9. The molecule has 0 aliphatic heterocycles. The highest BCUT2D eigenvalue weighted by Gasteiger charge is 2.37. The molecule has 0 amide bonds. The molecule has 0 spiro atoms. The van der Waals surface area contributed by atoms with Crippen LogP contribution in [0.5, 0.6) is 0 Å². The molecule has 1 aromatic carbocycles. The van der Waals surface area contributed by atoms with Crippen molar-refractivity contribution >= 4 is 15.9 Å². The molecule has 0 atom stereocenters. The van der Waals surface area contributed by atoms with Crippen LogP contribution in [0.4, 0.5) is 4.39 Å². The van der Waals surface area contributed by atoms with E-state index in [9.17, 15) is 4.39 Å². The molecule has 5 heteroatoms. The Balaban J connectivity index is 3.24. The van der Waals surface area contributed by atoms with Gasteiger partial charge in [0.1, 0.15) is 5.82 Å². The largest absolute Gasteiger partial charge is 0.324 e. The van der Waals surface area contributed by atoms with Crippen LogP contribution in [0.3, 0.4) is 0 Å². The highest BCUT2D eigenvalue weighted by molar-refractivity contribution is 9.10. The lowest BCUT2D eigenvalue weighted by atomic mass is 10.2. The molecule has 0 bridgehead atoms. The third-order valence-corrected chi connectivity index (χ3v) is 2.95. The van der Waals surface area contributed by atoms with Crippen molar-refractivity contribution in [2.45, 2.75) is 26.7 Å². The first kappa shape index (κ1) is 15.6. The van der Waals surface area contributed by atoms with Gasteiger partial charge in [-0.2, -0.15) is 0 Å². The Morgan fingerprint density at radius 2 is 1.56 bits per heavy atom. The van der Waals surface area contributed by atoms with Gasteiger partial charge in [-0.05, 0) is 39.0 Å². The third kappa shape index (κ3) is 3.51. The molecule has 102 valence electrons. The molecule has 18 heavy (non-hydrogen) atoms. The summed E-state index contributed by atoms with van der Waals surface area (Å²) in [5.74, 6) is -1.73. The number of halogens is 2. The molecule has 0 heterocycles. The second kappa shape index (κ2) is 7.19. The fraction of sp³-hybridized carbons (Fsp3) is 0.538. The molecule has 0 unspecified atom stereocenters. The van der Waals surface area contributed by atoms with Crippen molar-refractivity contribution in [2.75, 3.05) is 19.8 Å². The van der Waals surface area contributed by atoms with Gasteiger partial charge in [0.25, 0.3) is 0 Å². The van der Waals surface area contributed by atoms with Gasteiger partial charge < -0.3 is 14.2 Å². The van der Waals surface area contributed by atoms with Crippen molar-refractivity contribution < 1.29 is 18.6 Å². The smallest absolute Gasteiger partial charge is 0.313 e. The van der Waals surface area contributed by atoms with Gasteiger partial charge in [-0.15, -0.1) is 0 Å². The molecule has 0 saturated heterocycles. The highest BCUT2D eigenvalue weighted by atomic mass is 79.9.